The average Bonchev–Trinajstić information content (AvgIpc) is 2.64. The molecule has 0 bridgehead atoms. The van der Waals surface area contributed by atoms with Crippen molar-refractivity contribution in [1.82, 2.24) is 10.3 Å². The highest BCUT2D eigenvalue weighted by Gasteiger charge is 2.01. The zero-order valence-corrected chi connectivity index (χ0v) is 9.51. The van der Waals surface area contributed by atoms with Gasteiger partial charge in [0, 0.05) is 12.4 Å². The number of oxazole rings is 1. The van der Waals surface area contributed by atoms with E-state index in [1.54, 1.807) is 0 Å². The van der Waals surface area contributed by atoms with Crippen molar-refractivity contribution >= 4 is 22.7 Å². The van der Waals surface area contributed by atoms with Crippen molar-refractivity contribution in [2.75, 3.05) is 12.4 Å². The van der Waals surface area contributed by atoms with Gasteiger partial charge in [0.1, 0.15) is 0 Å². The minimum Gasteiger partial charge on any atom is -0.408 e. The second-order valence-electron chi connectivity index (χ2n) is 3.56. The van der Waals surface area contributed by atoms with Crippen molar-refractivity contribution < 1.29 is 4.42 Å². The third kappa shape index (κ3) is 2.65. The van der Waals surface area contributed by atoms with Crippen LogP contribution >= 0.6 is 11.6 Å². The second kappa shape index (κ2) is 5.18. The van der Waals surface area contributed by atoms with Gasteiger partial charge in [0.05, 0.1) is 5.52 Å². The van der Waals surface area contributed by atoms with E-state index in [2.05, 4.69) is 10.3 Å². The van der Waals surface area contributed by atoms with Gasteiger partial charge in [-0.15, -0.1) is 11.6 Å². The maximum absolute atomic E-state index is 10.9. The van der Waals surface area contributed by atoms with Gasteiger partial charge in [-0.2, -0.15) is 0 Å². The summed E-state index contributed by atoms with van der Waals surface area (Å²) in [5.41, 5.74) is 2.42. The number of nitrogens with one attached hydrogen (secondary N) is 2. The Balaban J connectivity index is 2.04. The molecule has 0 aliphatic heterocycles. The van der Waals surface area contributed by atoms with Crippen LogP contribution in [0, 0.1) is 0 Å². The van der Waals surface area contributed by atoms with Crippen LogP contribution in [0.15, 0.2) is 27.4 Å². The zero-order valence-electron chi connectivity index (χ0n) is 8.75. The van der Waals surface area contributed by atoms with Gasteiger partial charge >= 0.3 is 5.76 Å². The molecule has 1 aromatic carbocycles. The van der Waals surface area contributed by atoms with Crippen molar-refractivity contribution in [2.24, 2.45) is 0 Å². The Morgan fingerprint density at radius 1 is 1.44 bits per heavy atom. The SMILES string of the molecule is O=c1[nH]c2ccc(CNCCCCl)cc2o1. The molecular formula is C11H13ClN2O2. The lowest BCUT2D eigenvalue weighted by molar-refractivity contribution is 0.554. The minimum absolute atomic E-state index is 0.415. The van der Waals surface area contributed by atoms with Gasteiger partial charge in [-0.1, -0.05) is 6.07 Å². The van der Waals surface area contributed by atoms with E-state index in [0.717, 1.165) is 30.6 Å². The fraction of sp³-hybridized carbons (Fsp3) is 0.364. The Morgan fingerprint density at radius 3 is 3.12 bits per heavy atom. The lowest BCUT2D eigenvalue weighted by Gasteiger charge is -2.02. The van der Waals surface area contributed by atoms with Crippen molar-refractivity contribution in [3.8, 4) is 0 Å². The number of hydrogen-bond donors (Lipinski definition) is 2. The lowest BCUT2D eigenvalue weighted by atomic mass is 10.2. The first-order valence-electron chi connectivity index (χ1n) is 5.18. The predicted molar refractivity (Wildman–Crippen MR) is 63.9 cm³/mol. The summed E-state index contributed by atoms with van der Waals surface area (Å²) in [6.07, 6.45) is 0.947. The van der Waals surface area contributed by atoms with E-state index in [4.69, 9.17) is 16.0 Å². The number of hydrogen-bond acceptors (Lipinski definition) is 3. The first kappa shape index (κ1) is 11.2. The highest BCUT2D eigenvalue weighted by molar-refractivity contribution is 6.17. The summed E-state index contributed by atoms with van der Waals surface area (Å²) in [7, 11) is 0. The summed E-state index contributed by atoms with van der Waals surface area (Å²) in [6, 6.07) is 5.67. The normalized spacial score (nSPS) is 11.1. The van der Waals surface area contributed by atoms with Crippen molar-refractivity contribution in [1.29, 1.82) is 0 Å². The van der Waals surface area contributed by atoms with E-state index in [-0.39, 0.29) is 0 Å². The summed E-state index contributed by atoms with van der Waals surface area (Å²) in [6.45, 7) is 1.64. The molecule has 1 aromatic heterocycles. The van der Waals surface area contributed by atoms with Crippen molar-refractivity contribution in [3.05, 3.63) is 34.3 Å². The van der Waals surface area contributed by atoms with Gasteiger partial charge in [-0.3, -0.25) is 4.98 Å². The second-order valence-corrected chi connectivity index (χ2v) is 3.94. The zero-order chi connectivity index (χ0) is 11.4. The summed E-state index contributed by atoms with van der Waals surface area (Å²) in [5.74, 6) is 0.251. The first-order valence-corrected chi connectivity index (χ1v) is 5.71. The summed E-state index contributed by atoms with van der Waals surface area (Å²) >= 11 is 5.57. The van der Waals surface area contributed by atoms with Gasteiger partial charge in [0.25, 0.3) is 0 Å². The van der Waals surface area contributed by atoms with Gasteiger partial charge in [0.2, 0.25) is 0 Å². The van der Waals surface area contributed by atoms with Crippen LogP contribution in [0.2, 0.25) is 0 Å². The maximum Gasteiger partial charge on any atom is 0.417 e. The van der Waals surface area contributed by atoms with Crippen LogP contribution in [0.25, 0.3) is 11.1 Å². The van der Waals surface area contributed by atoms with Crippen LogP contribution < -0.4 is 11.1 Å². The molecule has 0 unspecified atom stereocenters. The molecule has 0 radical (unpaired) electrons. The molecule has 0 amide bonds. The summed E-state index contributed by atoms with van der Waals surface area (Å²) < 4.78 is 4.98. The maximum atomic E-state index is 10.9. The molecule has 4 nitrogen and oxygen atoms in total. The number of aromatic amines is 1. The summed E-state index contributed by atoms with van der Waals surface area (Å²) in [5, 5.41) is 3.26. The van der Waals surface area contributed by atoms with E-state index >= 15 is 0 Å². The van der Waals surface area contributed by atoms with Crippen LogP contribution in [0.3, 0.4) is 0 Å². The van der Waals surface area contributed by atoms with Crippen LogP contribution in [-0.4, -0.2) is 17.4 Å². The highest BCUT2D eigenvalue weighted by Crippen LogP contribution is 2.11. The molecule has 86 valence electrons. The number of rotatable bonds is 5. The number of alkyl halides is 1. The molecule has 0 atom stereocenters. The Kier molecular flexibility index (Phi) is 3.64. The number of halogens is 1. The molecule has 2 rings (SSSR count). The van der Waals surface area contributed by atoms with Crippen molar-refractivity contribution in [3.63, 3.8) is 0 Å². The quantitative estimate of drug-likeness (QED) is 0.619. The molecule has 16 heavy (non-hydrogen) atoms. The molecule has 0 aliphatic rings. The molecule has 0 saturated carbocycles. The standard InChI is InChI=1S/C11H13ClN2O2/c12-4-1-5-13-7-8-2-3-9-10(6-8)16-11(15)14-9/h2-3,6,13H,1,4-5,7H2,(H,14,15). The van der Waals surface area contributed by atoms with Crippen LogP contribution in [0.4, 0.5) is 0 Å². The largest absolute Gasteiger partial charge is 0.417 e. The summed E-state index contributed by atoms with van der Waals surface area (Å²) in [4.78, 5) is 13.5. The van der Waals surface area contributed by atoms with Crippen LogP contribution in [-0.2, 0) is 6.54 Å². The number of fused-ring (bicyclic) bond motifs is 1. The molecule has 0 saturated heterocycles. The van der Waals surface area contributed by atoms with Gasteiger partial charge in [-0.05, 0) is 30.7 Å². The average molecular weight is 241 g/mol. The molecule has 1 heterocycles. The van der Waals surface area contributed by atoms with E-state index in [1.807, 2.05) is 18.2 Å². The fourth-order valence-corrected chi connectivity index (χ4v) is 1.66. The Bertz CT molecular complexity index is 518. The monoisotopic (exact) mass is 240 g/mol. The molecule has 2 N–H and O–H groups in total. The van der Waals surface area contributed by atoms with E-state index < -0.39 is 5.76 Å². The van der Waals surface area contributed by atoms with Gasteiger partial charge in [-0.25, -0.2) is 4.79 Å². The lowest BCUT2D eigenvalue weighted by Crippen LogP contribution is -2.14. The van der Waals surface area contributed by atoms with E-state index in [9.17, 15) is 4.79 Å². The number of H-pyrrole nitrogens is 1. The topological polar surface area (TPSA) is 58.0 Å². The third-order valence-corrected chi connectivity index (χ3v) is 2.57. The molecule has 0 spiro atoms. The highest BCUT2D eigenvalue weighted by atomic mass is 35.5. The first-order chi connectivity index (χ1) is 7.79. The van der Waals surface area contributed by atoms with Gasteiger partial charge in [0.15, 0.2) is 5.58 Å². The smallest absolute Gasteiger partial charge is 0.408 e. The van der Waals surface area contributed by atoms with Gasteiger partial charge < -0.3 is 9.73 Å². The molecule has 0 fully saturated rings. The van der Waals surface area contributed by atoms with E-state index in [1.165, 1.54) is 0 Å². The Labute approximate surface area is 97.6 Å². The fourth-order valence-electron chi connectivity index (χ4n) is 1.52. The van der Waals surface area contributed by atoms with E-state index in [0.29, 0.717) is 11.5 Å². The van der Waals surface area contributed by atoms with Crippen LogP contribution in [0.1, 0.15) is 12.0 Å². The Morgan fingerprint density at radius 2 is 2.31 bits per heavy atom. The molecule has 5 heteroatoms. The van der Waals surface area contributed by atoms with Crippen LogP contribution in [0.5, 0.6) is 0 Å². The predicted octanol–water partition coefficient (Wildman–Crippen LogP) is 1.84. The minimum atomic E-state index is -0.415. The Hall–Kier alpha value is -1.26. The third-order valence-electron chi connectivity index (χ3n) is 2.30. The molecule has 2 aromatic rings. The molecular weight excluding hydrogens is 228 g/mol. The van der Waals surface area contributed by atoms with Crippen molar-refractivity contribution in [2.45, 2.75) is 13.0 Å². The molecule has 0 aliphatic carbocycles. The number of benzene rings is 1. The number of aromatic nitrogens is 1.